The zero-order valence-electron chi connectivity index (χ0n) is 21.5. The summed E-state index contributed by atoms with van der Waals surface area (Å²) in [6.07, 6.45) is -4.25. The number of ether oxygens (including phenoxy) is 2. The molecule has 14 heteroatoms. The molecule has 0 spiro atoms. The van der Waals surface area contributed by atoms with Crippen molar-refractivity contribution in [3.05, 3.63) is 82.5 Å². The van der Waals surface area contributed by atoms with Gasteiger partial charge in [-0.3, -0.25) is 9.36 Å². The number of amides is 1. The van der Waals surface area contributed by atoms with E-state index in [4.69, 9.17) is 21.1 Å². The molecule has 2 heterocycles. The highest BCUT2D eigenvalue weighted by atomic mass is 35.5. The van der Waals surface area contributed by atoms with Gasteiger partial charge in [0, 0.05) is 5.02 Å². The van der Waals surface area contributed by atoms with E-state index in [1.807, 2.05) is 0 Å². The summed E-state index contributed by atoms with van der Waals surface area (Å²) >= 11 is 5.84. The average Bonchev–Trinajstić information content (AvgIpc) is 3.46. The number of hydrogen-bond donors (Lipinski definition) is 1. The van der Waals surface area contributed by atoms with Gasteiger partial charge in [0.15, 0.2) is 17.2 Å². The monoisotopic (exact) mass is 579 g/mol. The first kappa shape index (κ1) is 28.6. The Kier molecular flexibility index (Phi) is 7.61. The van der Waals surface area contributed by atoms with E-state index in [1.165, 1.54) is 43.5 Å². The fraction of sp³-hybridized carbons (Fsp3) is 0.231. The number of esters is 1. The second kappa shape index (κ2) is 10.6. The summed E-state index contributed by atoms with van der Waals surface area (Å²) < 4.78 is 68.5. The Morgan fingerprint density at radius 3 is 2.12 bits per heavy atom. The van der Waals surface area contributed by atoms with Crippen LogP contribution in [0.15, 0.2) is 54.7 Å². The lowest BCUT2D eigenvalue weighted by molar-refractivity contribution is -0.143. The number of halogens is 5. The lowest BCUT2D eigenvalue weighted by Gasteiger charge is -2.20. The van der Waals surface area contributed by atoms with Crippen molar-refractivity contribution in [2.75, 3.05) is 12.4 Å². The van der Waals surface area contributed by atoms with Crippen molar-refractivity contribution in [2.45, 2.75) is 32.5 Å². The maximum Gasteiger partial charge on any atom is 0.434 e. The predicted molar refractivity (Wildman–Crippen MR) is 137 cm³/mol. The largest absolute Gasteiger partial charge is 0.468 e. The highest BCUT2D eigenvalue weighted by Crippen LogP contribution is 2.35. The van der Waals surface area contributed by atoms with Gasteiger partial charge >= 0.3 is 18.2 Å². The molecule has 0 saturated carbocycles. The number of aromatic nitrogens is 4. The number of alkyl halides is 3. The molecule has 0 aliphatic rings. The van der Waals surface area contributed by atoms with Crippen molar-refractivity contribution in [3.63, 3.8) is 0 Å². The first-order valence-electron chi connectivity index (χ1n) is 11.6. The number of methoxy groups -OCH3 is 1. The SMILES string of the molecule is COc1nc(NC(=O)c2cnn(-c3ccc(Cl)cc3)c2C(F)(F)F)c(C(=O)OC(C)(C)C)n1-c1ccc(F)cc1. The molecule has 4 aromatic rings. The number of carbonyl (C=O) groups is 2. The van der Waals surface area contributed by atoms with Crippen LogP contribution < -0.4 is 10.1 Å². The third-order valence-corrected chi connectivity index (χ3v) is 5.54. The number of anilines is 1. The van der Waals surface area contributed by atoms with Gasteiger partial charge in [-0.05, 0) is 69.3 Å². The summed E-state index contributed by atoms with van der Waals surface area (Å²) in [5, 5.41) is 6.31. The molecule has 0 saturated heterocycles. The topological polar surface area (TPSA) is 100 Å². The molecule has 1 amide bonds. The zero-order valence-corrected chi connectivity index (χ0v) is 22.3. The quantitative estimate of drug-likeness (QED) is 0.219. The van der Waals surface area contributed by atoms with E-state index >= 15 is 0 Å². The maximum absolute atomic E-state index is 14.2. The minimum atomic E-state index is -5.00. The van der Waals surface area contributed by atoms with E-state index in [-0.39, 0.29) is 23.1 Å². The van der Waals surface area contributed by atoms with E-state index in [0.717, 1.165) is 22.9 Å². The highest BCUT2D eigenvalue weighted by Gasteiger charge is 2.41. The van der Waals surface area contributed by atoms with E-state index in [0.29, 0.717) is 9.70 Å². The molecule has 4 rings (SSSR count). The standard InChI is InChI=1S/C26H22ClF4N5O4/c1-25(2,3)40-23(38)19-21(34-24(39-4)35(19)16-11-7-15(28)8-12-16)33-22(37)18-13-32-36(20(18)26(29,30)31)17-9-5-14(27)6-10-17/h5-13H,1-4H3,(H,33,37). The molecule has 2 aromatic heterocycles. The van der Waals surface area contributed by atoms with E-state index in [1.54, 1.807) is 20.8 Å². The lowest BCUT2D eigenvalue weighted by Crippen LogP contribution is -2.27. The second-order valence-electron chi connectivity index (χ2n) is 9.36. The molecule has 210 valence electrons. The van der Waals surface area contributed by atoms with Crippen molar-refractivity contribution in [1.82, 2.24) is 19.3 Å². The molecule has 0 aliphatic carbocycles. The number of nitrogens with zero attached hydrogens (tertiary/aromatic N) is 4. The van der Waals surface area contributed by atoms with Crippen LogP contribution in [-0.2, 0) is 10.9 Å². The number of imidazole rings is 1. The predicted octanol–water partition coefficient (Wildman–Crippen LogP) is 6.09. The number of carbonyl (C=O) groups excluding carboxylic acids is 2. The zero-order chi connectivity index (χ0) is 29.4. The molecule has 0 unspecified atom stereocenters. The number of benzene rings is 2. The van der Waals surface area contributed by atoms with E-state index in [2.05, 4.69) is 15.4 Å². The molecule has 40 heavy (non-hydrogen) atoms. The molecular weight excluding hydrogens is 558 g/mol. The van der Waals surface area contributed by atoms with Gasteiger partial charge in [-0.25, -0.2) is 13.9 Å². The molecule has 2 aromatic carbocycles. The summed E-state index contributed by atoms with van der Waals surface area (Å²) in [7, 11) is 1.23. The van der Waals surface area contributed by atoms with Crippen LogP contribution in [0.2, 0.25) is 5.02 Å². The second-order valence-corrected chi connectivity index (χ2v) is 9.79. The van der Waals surface area contributed by atoms with Crippen LogP contribution in [0.3, 0.4) is 0 Å². The third kappa shape index (κ3) is 5.93. The minimum Gasteiger partial charge on any atom is -0.468 e. The van der Waals surface area contributed by atoms with Gasteiger partial charge in [-0.2, -0.15) is 23.3 Å². The number of hydrogen-bond acceptors (Lipinski definition) is 6. The van der Waals surface area contributed by atoms with Gasteiger partial charge in [0.25, 0.3) is 5.91 Å². The molecule has 9 nitrogen and oxygen atoms in total. The van der Waals surface area contributed by atoms with Gasteiger partial charge < -0.3 is 14.8 Å². The van der Waals surface area contributed by atoms with Crippen molar-refractivity contribution >= 4 is 29.3 Å². The van der Waals surface area contributed by atoms with Gasteiger partial charge in [0.1, 0.15) is 11.4 Å². The van der Waals surface area contributed by atoms with Crippen LogP contribution in [0.25, 0.3) is 11.4 Å². The maximum atomic E-state index is 14.2. The number of rotatable bonds is 6. The van der Waals surface area contributed by atoms with Gasteiger partial charge in [-0.15, -0.1) is 0 Å². The summed E-state index contributed by atoms with van der Waals surface area (Å²) in [6.45, 7) is 4.79. The van der Waals surface area contributed by atoms with Crippen LogP contribution in [0.5, 0.6) is 6.01 Å². The van der Waals surface area contributed by atoms with Crippen LogP contribution in [0.1, 0.15) is 47.3 Å². The minimum absolute atomic E-state index is 0.00692. The third-order valence-electron chi connectivity index (χ3n) is 5.29. The molecule has 0 bridgehead atoms. The Morgan fingerprint density at radius 1 is 0.975 bits per heavy atom. The molecule has 0 radical (unpaired) electrons. The highest BCUT2D eigenvalue weighted by molar-refractivity contribution is 6.30. The Labute approximate surface area is 230 Å². The van der Waals surface area contributed by atoms with Crippen LogP contribution in [-0.4, -0.2) is 43.9 Å². The van der Waals surface area contributed by atoms with E-state index in [9.17, 15) is 27.2 Å². The van der Waals surface area contributed by atoms with Crippen LogP contribution >= 0.6 is 11.6 Å². The van der Waals surface area contributed by atoms with Crippen molar-refractivity contribution in [3.8, 4) is 17.4 Å². The summed E-state index contributed by atoms with van der Waals surface area (Å²) in [5.41, 5.74) is -3.35. The van der Waals surface area contributed by atoms with Crippen molar-refractivity contribution in [1.29, 1.82) is 0 Å². The summed E-state index contributed by atoms with van der Waals surface area (Å²) in [4.78, 5) is 30.6. The Balaban J connectivity index is 1.83. The van der Waals surface area contributed by atoms with Crippen molar-refractivity contribution < 1.29 is 36.6 Å². The fourth-order valence-corrected chi connectivity index (χ4v) is 3.83. The van der Waals surface area contributed by atoms with Gasteiger partial charge in [0.05, 0.1) is 30.2 Å². The lowest BCUT2D eigenvalue weighted by atomic mass is 10.2. The Hall–Kier alpha value is -4.39. The Bertz CT molecular complexity index is 1560. The smallest absolute Gasteiger partial charge is 0.434 e. The van der Waals surface area contributed by atoms with Gasteiger partial charge in [-0.1, -0.05) is 11.6 Å². The normalized spacial score (nSPS) is 11.8. The molecule has 1 N–H and O–H groups in total. The average molecular weight is 580 g/mol. The van der Waals surface area contributed by atoms with Crippen molar-refractivity contribution in [2.24, 2.45) is 0 Å². The van der Waals surface area contributed by atoms with E-state index < -0.39 is 46.5 Å². The van der Waals surface area contributed by atoms with Crippen LogP contribution in [0, 0.1) is 5.82 Å². The molecule has 0 atom stereocenters. The molecule has 0 aliphatic heterocycles. The molecule has 0 fully saturated rings. The number of nitrogens with one attached hydrogen (secondary N) is 1. The van der Waals surface area contributed by atoms with Gasteiger partial charge in [0.2, 0.25) is 0 Å². The first-order valence-corrected chi connectivity index (χ1v) is 12.0. The molecular formula is C26H22ClF4N5O4. The fourth-order valence-electron chi connectivity index (χ4n) is 3.71. The summed E-state index contributed by atoms with van der Waals surface area (Å²) in [6, 6.07) is 10.0. The Morgan fingerprint density at radius 2 is 1.57 bits per heavy atom. The van der Waals surface area contributed by atoms with Crippen LogP contribution in [0.4, 0.5) is 23.4 Å². The summed E-state index contributed by atoms with van der Waals surface area (Å²) in [5.74, 6) is -3.25. The first-order chi connectivity index (χ1) is 18.7.